The maximum Gasteiger partial charge on any atom is 0.176 e. The number of furan rings is 1. The number of hydrogen-bond acceptors (Lipinski definition) is 3. The third-order valence-electron chi connectivity index (χ3n) is 3.38. The molecule has 0 aliphatic rings. The van der Waals surface area contributed by atoms with E-state index in [1.165, 1.54) is 5.69 Å². The first-order valence-corrected chi connectivity index (χ1v) is 6.73. The molecule has 0 aliphatic heterocycles. The number of nitrogens with zero attached hydrogens (tertiary/aromatic N) is 4. The van der Waals surface area contributed by atoms with Gasteiger partial charge in [-0.15, -0.1) is 0 Å². The lowest BCUT2D eigenvalue weighted by Crippen LogP contribution is -2.15. The van der Waals surface area contributed by atoms with Gasteiger partial charge in [-0.1, -0.05) is 0 Å². The zero-order valence-electron chi connectivity index (χ0n) is 11.9. The van der Waals surface area contributed by atoms with Crippen molar-refractivity contribution in [3.8, 4) is 11.6 Å². The second kappa shape index (κ2) is 5.00. The van der Waals surface area contributed by atoms with Crippen LogP contribution in [0.1, 0.15) is 24.4 Å². The fourth-order valence-corrected chi connectivity index (χ4v) is 2.54. The van der Waals surface area contributed by atoms with Gasteiger partial charge in [0.05, 0.1) is 18.0 Å². The molecule has 0 fully saturated rings. The standard InChI is InChI=1S/C15H18N4O/c1-11-9-12(2)19(17-11)13(3)10-18-7-6-16-15(18)14-5-4-8-20-14/h4-9,13H,10H2,1-3H3/t13-/m0/s1. The molecule has 3 rings (SSSR count). The van der Waals surface area contributed by atoms with E-state index in [1.807, 2.05) is 25.3 Å². The van der Waals surface area contributed by atoms with Crippen LogP contribution in [0, 0.1) is 13.8 Å². The Bertz CT molecular complexity index is 693. The normalized spacial score (nSPS) is 12.8. The zero-order valence-corrected chi connectivity index (χ0v) is 11.9. The van der Waals surface area contributed by atoms with Crippen LogP contribution in [0.5, 0.6) is 0 Å². The molecule has 5 nitrogen and oxygen atoms in total. The maximum atomic E-state index is 5.43. The second-order valence-electron chi connectivity index (χ2n) is 5.10. The van der Waals surface area contributed by atoms with Crippen LogP contribution in [-0.2, 0) is 6.54 Å². The highest BCUT2D eigenvalue weighted by atomic mass is 16.3. The van der Waals surface area contributed by atoms with Crippen molar-refractivity contribution < 1.29 is 4.42 Å². The van der Waals surface area contributed by atoms with Gasteiger partial charge in [0.25, 0.3) is 0 Å². The zero-order chi connectivity index (χ0) is 14.1. The minimum absolute atomic E-state index is 0.256. The monoisotopic (exact) mass is 270 g/mol. The summed E-state index contributed by atoms with van der Waals surface area (Å²) in [4.78, 5) is 4.37. The smallest absolute Gasteiger partial charge is 0.176 e. The van der Waals surface area contributed by atoms with Crippen molar-refractivity contribution in [2.45, 2.75) is 33.4 Å². The SMILES string of the molecule is Cc1cc(C)n([C@@H](C)Cn2ccnc2-c2ccco2)n1. The van der Waals surface area contributed by atoms with Gasteiger partial charge < -0.3 is 8.98 Å². The van der Waals surface area contributed by atoms with Gasteiger partial charge in [0.15, 0.2) is 11.6 Å². The van der Waals surface area contributed by atoms with E-state index in [0.717, 1.165) is 23.8 Å². The molecule has 3 heterocycles. The van der Waals surface area contributed by atoms with E-state index in [4.69, 9.17) is 4.42 Å². The minimum atomic E-state index is 0.256. The fraction of sp³-hybridized carbons (Fsp3) is 0.333. The Labute approximate surface area is 117 Å². The lowest BCUT2D eigenvalue weighted by Gasteiger charge is -2.16. The van der Waals surface area contributed by atoms with E-state index < -0.39 is 0 Å². The van der Waals surface area contributed by atoms with E-state index in [-0.39, 0.29) is 6.04 Å². The molecule has 3 aromatic rings. The topological polar surface area (TPSA) is 48.8 Å². The molecule has 5 heteroatoms. The van der Waals surface area contributed by atoms with E-state index in [1.54, 1.807) is 12.5 Å². The molecule has 0 radical (unpaired) electrons. The Balaban J connectivity index is 1.85. The average Bonchev–Trinajstić information content (AvgIpc) is 3.09. The number of hydrogen-bond donors (Lipinski definition) is 0. The summed E-state index contributed by atoms with van der Waals surface area (Å²) in [7, 11) is 0. The predicted octanol–water partition coefficient (Wildman–Crippen LogP) is 3.22. The summed E-state index contributed by atoms with van der Waals surface area (Å²) in [6, 6.07) is 6.15. The predicted molar refractivity (Wildman–Crippen MR) is 76.3 cm³/mol. The Morgan fingerprint density at radius 1 is 1.35 bits per heavy atom. The first-order chi connectivity index (χ1) is 9.65. The molecule has 3 aromatic heterocycles. The lowest BCUT2D eigenvalue weighted by molar-refractivity contribution is 0.416. The van der Waals surface area contributed by atoms with Crippen molar-refractivity contribution >= 4 is 0 Å². The van der Waals surface area contributed by atoms with E-state index in [9.17, 15) is 0 Å². The quantitative estimate of drug-likeness (QED) is 0.731. The summed E-state index contributed by atoms with van der Waals surface area (Å²) in [5.41, 5.74) is 2.22. The van der Waals surface area contributed by atoms with Gasteiger partial charge in [0, 0.05) is 24.6 Å². The van der Waals surface area contributed by atoms with Crippen LogP contribution in [0.25, 0.3) is 11.6 Å². The third kappa shape index (κ3) is 2.27. The molecule has 1 atom stereocenters. The summed E-state index contributed by atoms with van der Waals surface area (Å²) in [5.74, 6) is 1.64. The second-order valence-corrected chi connectivity index (χ2v) is 5.10. The highest BCUT2D eigenvalue weighted by Gasteiger charge is 2.14. The Morgan fingerprint density at radius 2 is 2.20 bits per heavy atom. The average molecular weight is 270 g/mol. The van der Waals surface area contributed by atoms with Crippen molar-refractivity contribution in [2.24, 2.45) is 0 Å². The molecule has 0 unspecified atom stereocenters. The van der Waals surface area contributed by atoms with Crippen LogP contribution in [0.3, 0.4) is 0 Å². The van der Waals surface area contributed by atoms with Crippen molar-refractivity contribution in [1.82, 2.24) is 19.3 Å². The van der Waals surface area contributed by atoms with Gasteiger partial charge in [0.2, 0.25) is 0 Å². The minimum Gasteiger partial charge on any atom is -0.461 e. The molecular formula is C15H18N4O. The molecule has 0 aromatic carbocycles. The number of imidazole rings is 1. The van der Waals surface area contributed by atoms with Gasteiger partial charge in [-0.25, -0.2) is 4.98 Å². The van der Waals surface area contributed by atoms with E-state index >= 15 is 0 Å². The van der Waals surface area contributed by atoms with Crippen molar-refractivity contribution in [1.29, 1.82) is 0 Å². The van der Waals surface area contributed by atoms with E-state index in [2.05, 4.69) is 39.2 Å². The summed E-state index contributed by atoms with van der Waals surface area (Å²) >= 11 is 0. The van der Waals surface area contributed by atoms with Crippen LogP contribution >= 0.6 is 0 Å². The van der Waals surface area contributed by atoms with Gasteiger partial charge >= 0.3 is 0 Å². The maximum absolute atomic E-state index is 5.43. The first-order valence-electron chi connectivity index (χ1n) is 6.73. The first kappa shape index (κ1) is 12.7. The van der Waals surface area contributed by atoms with Crippen LogP contribution in [0.4, 0.5) is 0 Å². The van der Waals surface area contributed by atoms with Gasteiger partial charge in [-0.05, 0) is 39.0 Å². The third-order valence-corrected chi connectivity index (χ3v) is 3.38. The van der Waals surface area contributed by atoms with E-state index in [0.29, 0.717) is 0 Å². The Morgan fingerprint density at radius 3 is 2.85 bits per heavy atom. The van der Waals surface area contributed by atoms with Crippen LogP contribution < -0.4 is 0 Å². The Hall–Kier alpha value is -2.30. The molecule has 0 amide bonds. The fourth-order valence-electron chi connectivity index (χ4n) is 2.54. The molecule has 20 heavy (non-hydrogen) atoms. The largest absolute Gasteiger partial charge is 0.461 e. The van der Waals surface area contributed by atoms with Crippen LogP contribution in [0.2, 0.25) is 0 Å². The number of rotatable bonds is 4. The van der Waals surface area contributed by atoms with Crippen LogP contribution in [-0.4, -0.2) is 19.3 Å². The molecule has 0 saturated carbocycles. The molecule has 0 saturated heterocycles. The molecule has 104 valence electrons. The number of aryl methyl sites for hydroxylation is 2. The molecule has 0 bridgehead atoms. The summed E-state index contributed by atoms with van der Waals surface area (Å²) in [6.07, 6.45) is 5.44. The Kier molecular flexibility index (Phi) is 3.18. The van der Waals surface area contributed by atoms with Gasteiger partial charge in [-0.2, -0.15) is 5.10 Å². The summed E-state index contributed by atoms with van der Waals surface area (Å²) in [6.45, 7) is 7.06. The van der Waals surface area contributed by atoms with Gasteiger partial charge in [-0.3, -0.25) is 4.68 Å². The summed E-state index contributed by atoms with van der Waals surface area (Å²) < 4.78 is 9.58. The molecule has 0 spiro atoms. The lowest BCUT2D eigenvalue weighted by atomic mass is 10.3. The van der Waals surface area contributed by atoms with Crippen molar-refractivity contribution in [3.05, 3.63) is 48.2 Å². The van der Waals surface area contributed by atoms with Crippen LogP contribution in [0.15, 0.2) is 41.3 Å². The van der Waals surface area contributed by atoms with Gasteiger partial charge in [0.1, 0.15) is 0 Å². The highest BCUT2D eigenvalue weighted by molar-refractivity contribution is 5.46. The van der Waals surface area contributed by atoms with Crippen molar-refractivity contribution in [3.63, 3.8) is 0 Å². The number of aromatic nitrogens is 4. The molecular weight excluding hydrogens is 252 g/mol. The molecule has 0 N–H and O–H groups in total. The van der Waals surface area contributed by atoms with Crippen molar-refractivity contribution in [2.75, 3.05) is 0 Å². The highest BCUT2D eigenvalue weighted by Crippen LogP contribution is 2.20. The molecule has 0 aliphatic carbocycles. The summed E-state index contributed by atoms with van der Waals surface area (Å²) in [5, 5.41) is 4.54.